The molecular weight excluding hydrogens is 279 g/mol. The molecular formula is C11H8BrFOS. The van der Waals surface area contributed by atoms with Gasteiger partial charge in [0.1, 0.15) is 11.9 Å². The lowest BCUT2D eigenvalue weighted by Gasteiger charge is -2.10. The largest absolute Gasteiger partial charge is 0.384 e. The maximum absolute atomic E-state index is 13.5. The van der Waals surface area contributed by atoms with Gasteiger partial charge in [0, 0.05) is 10.0 Å². The van der Waals surface area contributed by atoms with E-state index in [0.29, 0.717) is 10.0 Å². The first-order valence-electron chi connectivity index (χ1n) is 4.33. The van der Waals surface area contributed by atoms with Crippen LogP contribution >= 0.6 is 27.3 Å². The summed E-state index contributed by atoms with van der Waals surface area (Å²) in [6.07, 6.45) is -0.885. The molecule has 0 aliphatic carbocycles. The van der Waals surface area contributed by atoms with Crippen LogP contribution in [0, 0.1) is 5.82 Å². The lowest BCUT2D eigenvalue weighted by Crippen LogP contribution is -2.00. The highest BCUT2D eigenvalue weighted by Crippen LogP contribution is 2.27. The van der Waals surface area contributed by atoms with Gasteiger partial charge in [-0.05, 0) is 34.5 Å². The van der Waals surface area contributed by atoms with E-state index in [2.05, 4.69) is 15.9 Å². The van der Waals surface area contributed by atoms with Gasteiger partial charge in [0.15, 0.2) is 0 Å². The Kier molecular flexibility index (Phi) is 3.19. The van der Waals surface area contributed by atoms with Gasteiger partial charge in [-0.2, -0.15) is 11.3 Å². The van der Waals surface area contributed by atoms with Crippen LogP contribution in [-0.4, -0.2) is 5.11 Å². The van der Waals surface area contributed by atoms with E-state index >= 15 is 0 Å². The fraction of sp³-hybridized carbons (Fsp3) is 0.0909. The first kappa shape index (κ1) is 10.8. The number of halogens is 2. The Morgan fingerprint density at radius 2 is 2.13 bits per heavy atom. The van der Waals surface area contributed by atoms with Gasteiger partial charge in [-0.1, -0.05) is 22.0 Å². The van der Waals surface area contributed by atoms with Gasteiger partial charge in [-0.15, -0.1) is 0 Å². The van der Waals surface area contributed by atoms with Crippen LogP contribution in [0.3, 0.4) is 0 Å². The Balaban J connectivity index is 2.38. The van der Waals surface area contributed by atoms with E-state index in [1.807, 2.05) is 10.8 Å². The van der Waals surface area contributed by atoms with Crippen LogP contribution in [0.25, 0.3) is 0 Å². The number of thiophene rings is 1. The minimum Gasteiger partial charge on any atom is -0.384 e. The van der Waals surface area contributed by atoms with Crippen molar-refractivity contribution in [2.75, 3.05) is 0 Å². The molecule has 1 atom stereocenters. The van der Waals surface area contributed by atoms with Crippen LogP contribution in [0.5, 0.6) is 0 Å². The van der Waals surface area contributed by atoms with E-state index in [1.165, 1.54) is 17.4 Å². The number of benzene rings is 1. The standard InChI is InChI=1S/C11H8BrFOS/c12-8-1-2-9(10(13)5-8)11(14)7-3-4-15-6-7/h1-6,11,14H. The smallest absolute Gasteiger partial charge is 0.130 e. The Labute approximate surface area is 99.3 Å². The molecule has 78 valence electrons. The van der Waals surface area contributed by atoms with Crippen molar-refractivity contribution < 1.29 is 9.50 Å². The Bertz CT molecular complexity index is 456. The summed E-state index contributed by atoms with van der Waals surface area (Å²) in [5.41, 5.74) is 1.03. The minimum absolute atomic E-state index is 0.302. The normalized spacial score (nSPS) is 12.7. The third-order valence-electron chi connectivity index (χ3n) is 2.12. The van der Waals surface area contributed by atoms with Crippen LogP contribution in [0.4, 0.5) is 4.39 Å². The summed E-state index contributed by atoms with van der Waals surface area (Å²) in [5.74, 6) is -0.400. The van der Waals surface area contributed by atoms with E-state index in [9.17, 15) is 9.50 Å². The van der Waals surface area contributed by atoms with Crippen molar-refractivity contribution in [3.63, 3.8) is 0 Å². The highest BCUT2D eigenvalue weighted by molar-refractivity contribution is 9.10. The summed E-state index contributed by atoms with van der Waals surface area (Å²) >= 11 is 4.65. The summed E-state index contributed by atoms with van der Waals surface area (Å²) in [4.78, 5) is 0. The van der Waals surface area contributed by atoms with E-state index in [1.54, 1.807) is 18.2 Å². The Hall–Kier alpha value is -0.710. The number of hydrogen-bond donors (Lipinski definition) is 1. The molecule has 1 N–H and O–H groups in total. The van der Waals surface area contributed by atoms with Crippen LogP contribution in [0.2, 0.25) is 0 Å². The predicted octanol–water partition coefficient (Wildman–Crippen LogP) is 3.73. The lowest BCUT2D eigenvalue weighted by atomic mass is 10.0. The zero-order valence-electron chi connectivity index (χ0n) is 7.65. The van der Waals surface area contributed by atoms with Crippen molar-refractivity contribution in [2.24, 2.45) is 0 Å². The van der Waals surface area contributed by atoms with E-state index in [4.69, 9.17) is 0 Å². The summed E-state index contributed by atoms with van der Waals surface area (Å²) in [6.45, 7) is 0. The number of aliphatic hydroxyl groups excluding tert-OH is 1. The quantitative estimate of drug-likeness (QED) is 0.892. The average molecular weight is 287 g/mol. The fourth-order valence-corrected chi connectivity index (χ4v) is 2.35. The average Bonchev–Trinajstić information content (AvgIpc) is 2.69. The van der Waals surface area contributed by atoms with Crippen LogP contribution in [-0.2, 0) is 0 Å². The van der Waals surface area contributed by atoms with Gasteiger partial charge in [-0.3, -0.25) is 0 Å². The van der Waals surface area contributed by atoms with E-state index < -0.39 is 11.9 Å². The molecule has 0 saturated heterocycles. The molecule has 1 nitrogen and oxygen atoms in total. The van der Waals surface area contributed by atoms with Gasteiger partial charge in [0.25, 0.3) is 0 Å². The molecule has 1 heterocycles. The zero-order chi connectivity index (χ0) is 10.8. The third kappa shape index (κ3) is 2.27. The topological polar surface area (TPSA) is 20.2 Å². The Morgan fingerprint density at radius 3 is 2.73 bits per heavy atom. The summed E-state index contributed by atoms with van der Waals surface area (Å²) in [7, 11) is 0. The molecule has 0 aliphatic heterocycles. The van der Waals surface area contributed by atoms with Crippen LogP contribution in [0.15, 0.2) is 39.5 Å². The Morgan fingerprint density at radius 1 is 1.33 bits per heavy atom. The van der Waals surface area contributed by atoms with Gasteiger partial charge in [-0.25, -0.2) is 4.39 Å². The number of aliphatic hydroxyl groups is 1. The van der Waals surface area contributed by atoms with Crippen LogP contribution < -0.4 is 0 Å². The summed E-state index contributed by atoms with van der Waals surface area (Å²) < 4.78 is 14.2. The maximum atomic E-state index is 13.5. The van der Waals surface area contributed by atoms with Crippen molar-refractivity contribution in [1.29, 1.82) is 0 Å². The molecule has 1 aromatic heterocycles. The summed E-state index contributed by atoms with van der Waals surface area (Å²) in [6, 6.07) is 6.44. The SMILES string of the molecule is OC(c1ccsc1)c1ccc(Br)cc1F. The first-order chi connectivity index (χ1) is 7.18. The molecule has 2 rings (SSSR count). The minimum atomic E-state index is -0.885. The number of hydrogen-bond acceptors (Lipinski definition) is 2. The number of rotatable bonds is 2. The molecule has 0 radical (unpaired) electrons. The predicted molar refractivity (Wildman–Crippen MR) is 62.5 cm³/mol. The van der Waals surface area contributed by atoms with E-state index in [-0.39, 0.29) is 0 Å². The second-order valence-corrected chi connectivity index (χ2v) is 4.82. The van der Waals surface area contributed by atoms with Gasteiger partial charge in [0.05, 0.1) is 0 Å². The second-order valence-electron chi connectivity index (χ2n) is 3.13. The van der Waals surface area contributed by atoms with Gasteiger partial charge in [0.2, 0.25) is 0 Å². The molecule has 15 heavy (non-hydrogen) atoms. The third-order valence-corrected chi connectivity index (χ3v) is 3.31. The van der Waals surface area contributed by atoms with Crippen molar-refractivity contribution in [3.05, 3.63) is 56.4 Å². The van der Waals surface area contributed by atoms with Gasteiger partial charge < -0.3 is 5.11 Å². The molecule has 0 amide bonds. The van der Waals surface area contributed by atoms with Crippen molar-refractivity contribution in [1.82, 2.24) is 0 Å². The first-order valence-corrected chi connectivity index (χ1v) is 6.07. The monoisotopic (exact) mass is 286 g/mol. The molecule has 1 unspecified atom stereocenters. The molecule has 0 fully saturated rings. The molecule has 0 spiro atoms. The summed E-state index contributed by atoms with van der Waals surface area (Å²) in [5, 5.41) is 13.6. The van der Waals surface area contributed by atoms with E-state index in [0.717, 1.165) is 5.56 Å². The van der Waals surface area contributed by atoms with Crippen molar-refractivity contribution in [2.45, 2.75) is 6.10 Å². The maximum Gasteiger partial charge on any atom is 0.130 e. The molecule has 2 aromatic rings. The highest BCUT2D eigenvalue weighted by Gasteiger charge is 2.15. The second kappa shape index (κ2) is 4.43. The molecule has 1 aromatic carbocycles. The zero-order valence-corrected chi connectivity index (χ0v) is 10.1. The van der Waals surface area contributed by atoms with Gasteiger partial charge >= 0.3 is 0 Å². The fourth-order valence-electron chi connectivity index (χ4n) is 1.33. The molecule has 0 aliphatic rings. The lowest BCUT2D eigenvalue weighted by molar-refractivity contribution is 0.215. The highest BCUT2D eigenvalue weighted by atomic mass is 79.9. The molecule has 4 heteroatoms. The molecule has 0 saturated carbocycles. The van der Waals surface area contributed by atoms with Crippen molar-refractivity contribution in [3.8, 4) is 0 Å². The molecule has 0 bridgehead atoms. The van der Waals surface area contributed by atoms with Crippen molar-refractivity contribution >= 4 is 27.3 Å². The van der Waals surface area contributed by atoms with Crippen LogP contribution in [0.1, 0.15) is 17.2 Å².